The third-order valence-electron chi connectivity index (χ3n) is 3.86. The van der Waals surface area contributed by atoms with Gasteiger partial charge < -0.3 is 15.4 Å². The molecular weight excluding hydrogens is 368 g/mol. The molecule has 1 heterocycles. The van der Waals surface area contributed by atoms with E-state index in [9.17, 15) is 4.79 Å². The molecule has 124 valence electrons. The van der Waals surface area contributed by atoms with Gasteiger partial charge in [0, 0.05) is 29.7 Å². The predicted molar refractivity (Wildman–Crippen MR) is 94.7 cm³/mol. The first kappa shape index (κ1) is 19.4. The van der Waals surface area contributed by atoms with Crippen LogP contribution in [0.25, 0.3) is 0 Å². The van der Waals surface area contributed by atoms with E-state index in [0.29, 0.717) is 6.54 Å². The highest BCUT2D eigenvalue weighted by Crippen LogP contribution is 2.21. The van der Waals surface area contributed by atoms with Gasteiger partial charge in [-0.05, 0) is 50.4 Å². The summed E-state index contributed by atoms with van der Waals surface area (Å²) in [4.78, 5) is 14.5. The van der Waals surface area contributed by atoms with Crippen molar-refractivity contribution in [1.29, 1.82) is 0 Å². The van der Waals surface area contributed by atoms with Gasteiger partial charge in [0.2, 0.25) is 0 Å². The minimum absolute atomic E-state index is 0. The van der Waals surface area contributed by atoms with Crippen LogP contribution in [0.15, 0.2) is 22.7 Å². The van der Waals surface area contributed by atoms with Crippen molar-refractivity contribution in [2.24, 2.45) is 5.73 Å². The molecule has 2 rings (SSSR count). The van der Waals surface area contributed by atoms with Crippen molar-refractivity contribution >= 4 is 34.2 Å². The van der Waals surface area contributed by atoms with Crippen molar-refractivity contribution in [2.75, 3.05) is 26.2 Å². The number of nitrogens with two attached hydrogens (primary N) is 1. The maximum Gasteiger partial charge on any atom is 0.254 e. The zero-order valence-corrected chi connectivity index (χ0v) is 15.3. The van der Waals surface area contributed by atoms with Gasteiger partial charge in [0.1, 0.15) is 0 Å². The monoisotopic (exact) mass is 390 g/mol. The number of piperidine rings is 1. The van der Waals surface area contributed by atoms with Gasteiger partial charge in [-0.25, -0.2) is 0 Å². The number of carbonyl (C=O) groups is 1. The standard InChI is InChI=1S/C16H23BrN2O2.ClH/c1-12-3-4-13(17)11-15(12)16(20)19-8-5-14(6-9-19)21-10-2-7-18;/h3-4,11,14H,2,5-10,18H2,1H3;1H. The molecule has 1 saturated heterocycles. The molecule has 1 aromatic rings. The summed E-state index contributed by atoms with van der Waals surface area (Å²) in [5.74, 6) is 0.120. The SMILES string of the molecule is Cc1ccc(Br)cc1C(=O)N1CCC(OCCCN)CC1.Cl. The van der Waals surface area contributed by atoms with Crippen LogP contribution in [0, 0.1) is 6.92 Å². The number of halogens is 2. The summed E-state index contributed by atoms with van der Waals surface area (Å²) in [6, 6.07) is 5.84. The number of rotatable bonds is 5. The molecule has 2 N–H and O–H groups in total. The van der Waals surface area contributed by atoms with Gasteiger partial charge in [0.25, 0.3) is 5.91 Å². The van der Waals surface area contributed by atoms with Crippen LogP contribution >= 0.6 is 28.3 Å². The van der Waals surface area contributed by atoms with Crippen molar-refractivity contribution in [2.45, 2.75) is 32.3 Å². The number of likely N-dealkylation sites (tertiary alicyclic amines) is 1. The summed E-state index contributed by atoms with van der Waals surface area (Å²) in [6.07, 6.45) is 2.98. The lowest BCUT2D eigenvalue weighted by Crippen LogP contribution is -2.41. The Bertz CT molecular complexity index is 491. The Balaban J connectivity index is 0.00000242. The smallest absolute Gasteiger partial charge is 0.254 e. The summed E-state index contributed by atoms with van der Waals surface area (Å²) in [5.41, 5.74) is 7.26. The maximum atomic E-state index is 12.6. The number of aryl methyl sites for hydroxylation is 1. The molecule has 1 fully saturated rings. The number of hydrogen-bond donors (Lipinski definition) is 1. The van der Waals surface area contributed by atoms with Gasteiger partial charge in [-0.1, -0.05) is 22.0 Å². The number of ether oxygens (including phenoxy) is 1. The molecule has 22 heavy (non-hydrogen) atoms. The van der Waals surface area contributed by atoms with Crippen LogP contribution in [0.1, 0.15) is 35.2 Å². The van der Waals surface area contributed by atoms with Crippen LogP contribution in [0.2, 0.25) is 0 Å². The van der Waals surface area contributed by atoms with E-state index in [0.717, 1.165) is 54.6 Å². The lowest BCUT2D eigenvalue weighted by atomic mass is 10.0. The summed E-state index contributed by atoms with van der Waals surface area (Å²) in [7, 11) is 0. The Hall–Kier alpha value is -0.620. The van der Waals surface area contributed by atoms with Gasteiger partial charge >= 0.3 is 0 Å². The van der Waals surface area contributed by atoms with Crippen LogP contribution in [-0.4, -0.2) is 43.2 Å². The third-order valence-corrected chi connectivity index (χ3v) is 4.35. The first-order valence-corrected chi connectivity index (χ1v) is 8.28. The largest absolute Gasteiger partial charge is 0.378 e. The quantitative estimate of drug-likeness (QED) is 0.785. The summed E-state index contributed by atoms with van der Waals surface area (Å²) in [6.45, 7) is 4.89. The minimum Gasteiger partial charge on any atom is -0.378 e. The molecule has 0 aromatic heterocycles. The van der Waals surface area contributed by atoms with Crippen molar-refractivity contribution in [3.63, 3.8) is 0 Å². The second-order valence-electron chi connectivity index (χ2n) is 5.46. The highest BCUT2D eigenvalue weighted by Gasteiger charge is 2.24. The normalized spacial score (nSPS) is 15.5. The predicted octanol–water partition coefficient (Wildman–Crippen LogP) is 3.15. The Morgan fingerprint density at radius 3 is 2.73 bits per heavy atom. The molecule has 0 bridgehead atoms. The van der Waals surface area contributed by atoms with E-state index in [2.05, 4.69) is 15.9 Å². The molecule has 0 unspecified atom stereocenters. The van der Waals surface area contributed by atoms with E-state index in [1.807, 2.05) is 30.0 Å². The number of amides is 1. The van der Waals surface area contributed by atoms with E-state index in [4.69, 9.17) is 10.5 Å². The number of benzene rings is 1. The van der Waals surface area contributed by atoms with E-state index in [1.54, 1.807) is 0 Å². The Morgan fingerprint density at radius 1 is 1.41 bits per heavy atom. The molecule has 1 aliphatic heterocycles. The summed E-state index contributed by atoms with van der Waals surface area (Å²) < 4.78 is 6.72. The highest BCUT2D eigenvalue weighted by molar-refractivity contribution is 9.10. The summed E-state index contributed by atoms with van der Waals surface area (Å²) >= 11 is 3.43. The number of carbonyl (C=O) groups excluding carboxylic acids is 1. The van der Waals surface area contributed by atoms with Crippen LogP contribution < -0.4 is 5.73 Å². The highest BCUT2D eigenvalue weighted by atomic mass is 79.9. The first-order chi connectivity index (χ1) is 10.1. The molecule has 0 saturated carbocycles. The van der Waals surface area contributed by atoms with Gasteiger partial charge in [-0.2, -0.15) is 0 Å². The van der Waals surface area contributed by atoms with E-state index >= 15 is 0 Å². The molecule has 0 aliphatic carbocycles. The molecule has 0 spiro atoms. The van der Waals surface area contributed by atoms with Crippen molar-refractivity contribution in [3.8, 4) is 0 Å². The number of hydrogen-bond acceptors (Lipinski definition) is 3. The first-order valence-electron chi connectivity index (χ1n) is 7.49. The van der Waals surface area contributed by atoms with Gasteiger partial charge in [-0.15, -0.1) is 12.4 Å². The molecule has 1 amide bonds. The maximum absolute atomic E-state index is 12.6. The Morgan fingerprint density at radius 2 is 2.09 bits per heavy atom. The van der Waals surface area contributed by atoms with Gasteiger partial charge in [0.15, 0.2) is 0 Å². The van der Waals surface area contributed by atoms with Crippen LogP contribution in [-0.2, 0) is 4.74 Å². The van der Waals surface area contributed by atoms with Gasteiger partial charge in [-0.3, -0.25) is 4.79 Å². The van der Waals surface area contributed by atoms with Crippen LogP contribution in [0.3, 0.4) is 0 Å². The fraction of sp³-hybridized carbons (Fsp3) is 0.562. The molecular formula is C16H24BrClN2O2. The van der Waals surface area contributed by atoms with E-state index in [-0.39, 0.29) is 24.4 Å². The Kier molecular flexibility index (Phi) is 8.39. The van der Waals surface area contributed by atoms with E-state index in [1.165, 1.54) is 0 Å². The van der Waals surface area contributed by atoms with Crippen molar-refractivity contribution < 1.29 is 9.53 Å². The topological polar surface area (TPSA) is 55.6 Å². The lowest BCUT2D eigenvalue weighted by molar-refractivity contribution is 0.00843. The molecule has 4 nitrogen and oxygen atoms in total. The fourth-order valence-corrected chi connectivity index (χ4v) is 2.91. The summed E-state index contributed by atoms with van der Waals surface area (Å²) in [5, 5.41) is 0. The number of nitrogens with zero attached hydrogens (tertiary/aromatic N) is 1. The molecule has 0 radical (unpaired) electrons. The van der Waals surface area contributed by atoms with Crippen molar-refractivity contribution in [3.05, 3.63) is 33.8 Å². The Labute approximate surface area is 146 Å². The zero-order valence-electron chi connectivity index (χ0n) is 12.9. The fourth-order valence-electron chi connectivity index (χ4n) is 2.55. The average Bonchev–Trinajstić information content (AvgIpc) is 2.50. The van der Waals surface area contributed by atoms with E-state index < -0.39 is 0 Å². The lowest BCUT2D eigenvalue weighted by Gasteiger charge is -2.32. The zero-order chi connectivity index (χ0) is 15.2. The third kappa shape index (κ3) is 5.23. The minimum atomic E-state index is 0. The second-order valence-corrected chi connectivity index (χ2v) is 6.38. The molecule has 1 aliphatic rings. The molecule has 1 aromatic carbocycles. The van der Waals surface area contributed by atoms with Crippen LogP contribution in [0.4, 0.5) is 0 Å². The molecule has 0 atom stereocenters. The average molecular weight is 392 g/mol. The van der Waals surface area contributed by atoms with Crippen LogP contribution in [0.5, 0.6) is 0 Å². The van der Waals surface area contributed by atoms with Gasteiger partial charge in [0.05, 0.1) is 6.10 Å². The van der Waals surface area contributed by atoms with Crippen molar-refractivity contribution in [1.82, 2.24) is 4.90 Å². The second kappa shape index (κ2) is 9.50. The molecule has 6 heteroatoms.